The number of fused-ring (bicyclic) bond motifs is 1. The molecule has 0 spiro atoms. The van der Waals surface area contributed by atoms with Crippen molar-refractivity contribution in [1.82, 2.24) is 4.90 Å². The second-order valence-corrected chi connectivity index (χ2v) is 5.92. The van der Waals surface area contributed by atoms with Crippen molar-refractivity contribution in [2.24, 2.45) is 5.73 Å². The Morgan fingerprint density at radius 1 is 1.20 bits per heavy atom. The predicted octanol–water partition coefficient (Wildman–Crippen LogP) is 3.20. The molecule has 3 nitrogen and oxygen atoms in total. The molecule has 1 unspecified atom stereocenters. The number of carbonyl (C=O) groups excluding carboxylic acids is 1. The number of hydrogen-bond acceptors (Lipinski definition) is 2. The third-order valence-electron chi connectivity index (χ3n) is 3.56. The van der Waals surface area contributed by atoms with E-state index in [1.54, 1.807) is 0 Å². The van der Waals surface area contributed by atoms with Crippen LogP contribution in [0.4, 0.5) is 0 Å². The number of rotatable bonds is 1. The predicted molar refractivity (Wildman–Crippen MR) is 87.4 cm³/mol. The molecule has 0 aromatic heterocycles. The van der Waals surface area contributed by atoms with Crippen LogP contribution < -0.4 is 5.73 Å². The van der Waals surface area contributed by atoms with Gasteiger partial charge in [-0.05, 0) is 41.5 Å². The molecule has 1 amide bonds. The largest absolute Gasteiger partial charge is 0.337 e. The number of benzene rings is 2. The summed E-state index contributed by atoms with van der Waals surface area (Å²) in [6.07, 6.45) is 0.895. The summed E-state index contributed by atoms with van der Waals surface area (Å²) in [6.45, 7) is 1.43. The molecule has 1 atom stereocenters. The Labute approximate surface area is 132 Å². The molecule has 1 aliphatic heterocycles. The van der Waals surface area contributed by atoms with Crippen molar-refractivity contribution in [3.05, 3.63) is 46.4 Å². The first kappa shape index (κ1) is 15.3. The highest BCUT2D eigenvalue weighted by molar-refractivity contribution is 9.10. The van der Waals surface area contributed by atoms with Crippen molar-refractivity contribution in [3.8, 4) is 0 Å². The van der Waals surface area contributed by atoms with E-state index < -0.39 is 0 Å². The molecular weight excluding hydrogens is 340 g/mol. The first-order valence-corrected chi connectivity index (χ1v) is 7.17. The van der Waals surface area contributed by atoms with E-state index in [0.717, 1.165) is 33.8 Å². The van der Waals surface area contributed by atoms with E-state index >= 15 is 0 Å². The second kappa shape index (κ2) is 6.12. The van der Waals surface area contributed by atoms with Crippen LogP contribution in [-0.2, 0) is 0 Å². The van der Waals surface area contributed by atoms with Gasteiger partial charge in [0.2, 0.25) is 0 Å². The molecular formula is C15H16BrClN2O. The normalized spacial score (nSPS) is 18.1. The highest BCUT2D eigenvalue weighted by atomic mass is 79.9. The van der Waals surface area contributed by atoms with Gasteiger partial charge in [0.15, 0.2) is 0 Å². The van der Waals surface area contributed by atoms with Crippen molar-refractivity contribution >= 4 is 45.0 Å². The molecule has 2 aromatic rings. The summed E-state index contributed by atoms with van der Waals surface area (Å²) in [7, 11) is 0. The van der Waals surface area contributed by atoms with Crippen molar-refractivity contribution in [3.63, 3.8) is 0 Å². The van der Waals surface area contributed by atoms with Gasteiger partial charge in [-0.2, -0.15) is 0 Å². The zero-order chi connectivity index (χ0) is 13.4. The number of amides is 1. The summed E-state index contributed by atoms with van der Waals surface area (Å²) >= 11 is 3.45. The van der Waals surface area contributed by atoms with Crippen LogP contribution in [0.1, 0.15) is 16.8 Å². The Morgan fingerprint density at radius 2 is 1.90 bits per heavy atom. The lowest BCUT2D eigenvalue weighted by Crippen LogP contribution is -2.31. The second-order valence-electron chi connectivity index (χ2n) is 5.01. The molecule has 2 aromatic carbocycles. The van der Waals surface area contributed by atoms with Gasteiger partial charge in [0.25, 0.3) is 5.91 Å². The third kappa shape index (κ3) is 2.97. The van der Waals surface area contributed by atoms with E-state index in [2.05, 4.69) is 22.0 Å². The van der Waals surface area contributed by atoms with E-state index in [1.807, 2.05) is 35.2 Å². The van der Waals surface area contributed by atoms with Gasteiger partial charge in [0, 0.05) is 29.2 Å². The Hall–Kier alpha value is -1.10. The van der Waals surface area contributed by atoms with E-state index in [-0.39, 0.29) is 24.4 Å². The summed E-state index contributed by atoms with van der Waals surface area (Å²) in [5.74, 6) is 0.0813. The number of nitrogens with zero attached hydrogens (tertiary/aromatic N) is 1. The SMILES string of the molecule is Cl.NC1CCN(C(=O)c2ccc3cc(Br)ccc3c2)C1. The molecule has 106 valence electrons. The maximum atomic E-state index is 12.4. The van der Waals surface area contributed by atoms with Gasteiger partial charge in [0.1, 0.15) is 0 Å². The molecule has 1 saturated heterocycles. The van der Waals surface area contributed by atoms with Crippen LogP contribution >= 0.6 is 28.3 Å². The fraction of sp³-hybridized carbons (Fsp3) is 0.267. The van der Waals surface area contributed by atoms with Crippen molar-refractivity contribution in [2.45, 2.75) is 12.5 Å². The molecule has 1 heterocycles. The van der Waals surface area contributed by atoms with Crippen LogP contribution in [0.25, 0.3) is 10.8 Å². The van der Waals surface area contributed by atoms with Crippen molar-refractivity contribution < 1.29 is 4.79 Å². The van der Waals surface area contributed by atoms with Crippen LogP contribution in [0.5, 0.6) is 0 Å². The molecule has 20 heavy (non-hydrogen) atoms. The van der Waals surface area contributed by atoms with Gasteiger partial charge in [0.05, 0.1) is 0 Å². The Bertz CT molecular complexity index is 647. The van der Waals surface area contributed by atoms with Gasteiger partial charge in [-0.3, -0.25) is 4.79 Å². The minimum absolute atomic E-state index is 0. The maximum absolute atomic E-state index is 12.4. The van der Waals surface area contributed by atoms with Crippen LogP contribution in [0.3, 0.4) is 0 Å². The number of likely N-dealkylation sites (tertiary alicyclic amines) is 1. The van der Waals surface area contributed by atoms with Crippen LogP contribution in [-0.4, -0.2) is 29.9 Å². The minimum Gasteiger partial charge on any atom is -0.337 e. The van der Waals surface area contributed by atoms with E-state index in [0.29, 0.717) is 6.54 Å². The number of nitrogens with two attached hydrogens (primary N) is 1. The minimum atomic E-state index is 0. The van der Waals surface area contributed by atoms with E-state index in [4.69, 9.17) is 5.73 Å². The van der Waals surface area contributed by atoms with Gasteiger partial charge < -0.3 is 10.6 Å². The van der Waals surface area contributed by atoms with Gasteiger partial charge in [-0.15, -0.1) is 12.4 Å². The Morgan fingerprint density at radius 3 is 2.60 bits per heavy atom. The standard InChI is InChI=1S/C15H15BrN2O.ClH/c16-13-4-3-10-7-12(2-1-11(10)8-13)15(19)18-6-5-14(17)9-18;/h1-4,7-8,14H,5-6,9,17H2;1H. The first-order chi connectivity index (χ1) is 9.13. The average Bonchev–Trinajstić information content (AvgIpc) is 2.84. The third-order valence-corrected chi connectivity index (χ3v) is 4.05. The van der Waals surface area contributed by atoms with Crippen LogP contribution in [0.15, 0.2) is 40.9 Å². The maximum Gasteiger partial charge on any atom is 0.253 e. The molecule has 5 heteroatoms. The summed E-state index contributed by atoms with van der Waals surface area (Å²) in [5, 5.41) is 2.21. The lowest BCUT2D eigenvalue weighted by molar-refractivity contribution is 0.0791. The summed E-state index contributed by atoms with van der Waals surface area (Å²) in [6, 6.07) is 12.0. The van der Waals surface area contributed by atoms with Crippen LogP contribution in [0.2, 0.25) is 0 Å². The van der Waals surface area contributed by atoms with E-state index in [9.17, 15) is 4.79 Å². The van der Waals surface area contributed by atoms with Gasteiger partial charge in [-0.1, -0.05) is 28.1 Å². The fourth-order valence-corrected chi connectivity index (χ4v) is 2.88. The van der Waals surface area contributed by atoms with Crippen molar-refractivity contribution in [1.29, 1.82) is 0 Å². The summed E-state index contributed by atoms with van der Waals surface area (Å²) in [4.78, 5) is 14.2. The van der Waals surface area contributed by atoms with E-state index in [1.165, 1.54) is 0 Å². The lowest BCUT2D eigenvalue weighted by Gasteiger charge is -2.16. The highest BCUT2D eigenvalue weighted by Crippen LogP contribution is 2.22. The summed E-state index contributed by atoms with van der Waals surface area (Å²) in [5.41, 5.74) is 6.59. The molecule has 3 rings (SSSR count). The average molecular weight is 356 g/mol. The van der Waals surface area contributed by atoms with Crippen molar-refractivity contribution in [2.75, 3.05) is 13.1 Å². The zero-order valence-corrected chi connectivity index (χ0v) is 13.3. The molecule has 0 saturated carbocycles. The number of carbonyl (C=O) groups is 1. The molecule has 0 radical (unpaired) electrons. The Kier molecular flexibility index (Phi) is 4.68. The summed E-state index contributed by atoms with van der Waals surface area (Å²) < 4.78 is 1.05. The highest BCUT2D eigenvalue weighted by Gasteiger charge is 2.24. The quantitative estimate of drug-likeness (QED) is 0.854. The number of halogens is 2. The fourth-order valence-electron chi connectivity index (χ4n) is 2.50. The molecule has 1 aliphatic rings. The molecule has 2 N–H and O–H groups in total. The monoisotopic (exact) mass is 354 g/mol. The molecule has 0 bridgehead atoms. The lowest BCUT2D eigenvalue weighted by atomic mass is 10.1. The topological polar surface area (TPSA) is 46.3 Å². The Balaban J connectivity index is 0.00000147. The molecule has 0 aliphatic carbocycles. The number of hydrogen-bond donors (Lipinski definition) is 1. The van der Waals surface area contributed by atoms with Crippen LogP contribution in [0, 0.1) is 0 Å². The first-order valence-electron chi connectivity index (χ1n) is 6.38. The molecule has 1 fully saturated rings. The smallest absolute Gasteiger partial charge is 0.253 e. The van der Waals surface area contributed by atoms with Gasteiger partial charge in [-0.25, -0.2) is 0 Å². The zero-order valence-electron chi connectivity index (χ0n) is 10.9. The van der Waals surface area contributed by atoms with Gasteiger partial charge >= 0.3 is 0 Å².